The third-order valence-corrected chi connectivity index (χ3v) is 9.01. The molecule has 0 saturated carbocycles. The maximum Gasteiger partial charge on any atom is 0.0801 e. The maximum atomic E-state index is 6.75. The van der Waals surface area contributed by atoms with Crippen LogP contribution in [-0.2, 0) is 6.42 Å². The third-order valence-electron chi connectivity index (χ3n) is 4.71. The first-order valence-corrected chi connectivity index (χ1v) is 15.2. The molecule has 1 aliphatic carbocycles. The summed E-state index contributed by atoms with van der Waals surface area (Å²) in [6, 6.07) is 11.3. The molecule has 0 fully saturated rings. The second kappa shape index (κ2) is 6.19. The van der Waals surface area contributed by atoms with Crippen LogP contribution in [0.2, 0.25) is 39.3 Å². The normalized spacial score (nSPS) is 13.3. The van der Waals surface area contributed by atoms with E-state index >= 15 is 0 Å². The van der Waals surface area contributed by atoms with Crippen LogP contribution >= 0.6 is 0 Å². The number of hydrogen-bond donors (Lipinski definition) is 1. The number of anilines is 1. The van der Waals surface area contributed by atoms with Crippen LogP contribution in [0.5, 0.6) is 0 Å². The molecule has 0 saturated heterocycles. The van der Waals surface area contributed by atoms with Crippen molar-refractivity contribution in [2.75, 3.05) is 5.73 Å². The summed E-state index contributed by atoms with van der Waals surface area (Å²) in [6.45, 7) is 14.6. The number of nitrogens with two attached hydrogens (primary N) is 1. The summed E-state index contributed by atoms with van der Waals surface area (Å²) < 4.78 is 0. The Morgan fingerprint density at radius 1 is 0.870 bits per heavy atom. The molecule has 0 aliphatic heterocycles. The van der Waals surface area contributed by atoms with Gasteiger partial charge in [-0.05, 0) is 27.4 Å². The molecule has 0 amide bonds. The maximum absolute atomic E-state index is 6.75. The molecular weight excluding hydrogens is 321 g/mol. The van der Waals surface area contributed by atoms with Crippen LogP contribution < -0.4 is 16.1 Å². The molecule has 4 heteroatoms. The van der Waals surface area contributed by atoms with Crippen molar-refractivity contribution >= 4 is 61.8 Å². The van der Waals surface area contributed by atoms with Crippen LogP contribution in [0.15, 0.2) is 30.3 Å². The summed E-state index contributed by atoms with van der Waals surface area (Å²) in [6.07, 6.45) is 1.00. The van der Waals surface area contributed by atoms with Crippen molar-refractivity contribution in [2.24, 2.45) is 0 Å². The van der Waals surface area contributed by atoms with Crippen LogP contribution in [0.1, 0.15) is 11.1 Å². The van der Waals surface area contributed by atoms with Gasteiger partial charge in [-0.25, -0.2) is 0 Å². The number of hydrogen-bond acceptors (Lipinski definition) is 1. The van der Waals surface area contributed by atoms with Gasteiger partial charge in [-0.1, -0.05) is 74.8 Å². The fourth-order valence-corrected chi connectivity index (χ4v) is 9.25. The first kappa shape index (κ1) is 19.0. The summed E-state index contributed by atoms with van der Waals surface area (Å²) >= 11 is 0. The molecule has 2 aromatic rings. The zero-order valence-electron chi connectivity index (χ0n) is 15.7. The van der Waals surface area contributed by atoms with Gasteiger partial charge in [0.15, 0.2) is 0 Å². The molecule has 117 valence electrons. The van der Waals surface area contributed by atoms with Gasteiger partial charge in [-0.2, -0.15) is 0 Å². The van der Waals surface area contributed by atoms with Gasteiger partial charge in [0, 0.05) is 41.7 Å². The Labute approximate surface area is 165 Å². The molecule has 1 nitrogen and oxygen atoms in total. The van der Waals surface area contributed by atoms with E-state index in [1.165, 1.54) is 27.4 Å². The molecule has 1 radical (unpaired) electrons. The number of fused-ring (bicyclic) bond motifs is 3. The molecule has 0 aromatic heterocycles. The van der Waals surface area contributed by atoms with E-state index in [9.17, 15) is 0 Å². The Morgan fingerprint density at radius 3 is 2.04 bits per heavy atom. The number of nitrogen functional groups attached to an aromatic ring is 1. The Hall–Kier alpha value is -0.326. The second-order valence-electron chi connectivity index (χ2n) is 8.57. The SMILES string of the molecule is C[Si](C)(C)c1cc2c(c(N)c1[Si](C)(C)C)Cc1ccccc1-2.[Na]. The topological polar surface area (TPSA) is 26.0 Å². The van der Waals surface area contributed by atoms with E-state index in [0.717, 1.165) is 12.1 Å². The van der Waals surface area contributed by atoms with Gasteiger partial charge in [0.1, 0.15) is 0 Å². The molecule has 2 N–H and O–H groups in total. The van der Waals surface area contributed by atoms with Gasteiger partial charge in [0.05, 0.1) is 16.1 Å². The molecule has 0 unspecified atom stereocenters. The van der Waals surface area contributed by atoms with Gasteiger partial charge in [-0.15, -0.1) is 0 Å². The van der Waals surface area contributed by atoms with Crippen molar-refractivity contribution in [3.05, 3.63) is 41.5 Å². The Balaban J connectivity index is 0.00000192. The quantitative estimate of drug-likeness (QED) is 0.556. The summed E-state index contributed by atoms with van der Waals surface area (Å²) in [5, 5.41) is 3.11. The van der Waals surface area contributed by atoms with Crippen molar-refractivity contribution in [3.63, 3.8) is 0 Å². The van der Waals surface area contributed by atoms with E-state index in [4.69, 9.17) is 5.73 Å². The number of rotatable bonds is 2. The van der Waals surface area contributed by atoms with Gasteiger partial charge in [0.25, 0.3) is 0 Å². The van der Waals surface area contributed by atoms with Crippen molar-refractivity contribution in [1.82, 2.24) is 0 Å². The van der Waals surface area contributed by atoms with Crippen LogP contribution in [-0.4, -0.2) is 45.7 Å². The van der Waals surface area contributed by atoms with Gasteiger partial charge in [-0.3, -0.25) is 0 Å². The molecule has 2 aromatic carbocycles. The fourth-order valence-electron chi connectivity index (χ4n) is 3.70. The minimum absolute atomic E-state index is 0. The van der Waals surface area contributed by atoms with Crippen molar-refractivity contribution in [2.45, 2.75) is 45.7 Å². The standard InChI is InChI=1S/C19H27NSi2.Na/c1-21(2,3)17-12-15-14-10-8-7-9-13(14)11-16(15)18(20)19(17)22(4,5)6;/h7-10,12H,11,20H2,1-6H3;. The smallest absolute Gasteiger partial charge is 0.0801 e. The van der Waals surface area contributed by atoms with Crippen LogP contribution in [0, 0.1) is 0 Å². The minimum atomic E-state index is -1.47. The molecule has 1 aliphatic rings. The Morgan fingerprint density at radius 2 is 1.48 bits per heavy atom. The largest absolute Gasteiger partial charge is 0.399 e. The minimum Gasteiger partial charge on any atom is -0.399 e. The monoisotopic (exact) mass is 348 g/mol. The predicted octanol–water partition coefficient (Wildman–Crippen LogP) is 3.55. The van der Waals surface area contributed by atoms with Crippen molar-refractivity contribution in [1.29, 1.82) is 0 Å². The van der Waals surface area contributed by atoms with E-state index in [-0.39, 0.29) is 29.6 Å². The fraction of sp³-hybridized carbons (Fsp3) is 0.368. The van der Waals surface area contributed by atoms with Crippen molar-refractivity contribution in [3.8, 4) is 11.1 Å². The summed E-state index contributed by atoms with van der Waals surface area (Å²) in [4.78, 5) is 0. The van der Waals surface area contributed by atoms with E-state index in [1.54, 1.807) is 5.19 Å². The first-order valence-electron chi connectivity index (χ1n) is 8.15. The van der Waals surface area contributed by atoms with Crippen LogP contribution in [0.25, 0.3) is 11.1 Å². The summed E-state index contributed by atoms with van der Waals surface area (Å²) in [7, 11) is -2.90. The average Bonchev–Trinajstić information content (AvgIpc) is 2.75. The second-order valence-corrected chi connectivity index (χ2v) is 18.6. The van der Waals surface area contributed by atoms with Gasteiger partial charge < -0.3 is 5.73 Å². The van der Waals surface area contributed by atoms with E-state index in [0.29, 0.717) is 0 Å². The van der Waals surface area contributed by atoms with Crippen LogP contribution in [0.4, 0.5) is 5.69 Å². The van der Waals surface area contributed by atoms with Gasteiger partial charge in [0.2, 0.25) is 0 Å². The van der Waals surface area contributed by atoms with E-state index < -0.39 is 16.1 Å². The zero-order chi connectivity index (χ0) is 16.3. The third kappa shape index (κ3) is 3.27. The van der Waals surface area contributed by atoms with E-state index in [2.05, 4.69) is 69.6 Å². The molecule has 0 bridgehead atoms. The predicted molar refractivity (Wildman–Crippen MR) is 111 cm³/mol. The Kier molecular flexibility index (Phi) is 5.12. The molecule has 0 spiro atoms. The Bertz CT molecular complexity index is 755. The zero-order valence-corrected chi connectivity index (χ0v) is 19.7. The van der Waals surface area contributed by atoms with Gasteiger partial charge >= 0.3 is 0 Å². The average molecular weight is 349 g/mol. The molecular formula is C19H27NNaSi2. The summed E-state index contributed by atoms with van der Waals surface area (Å²) in [5.74, 6) is 0. The molecule has 23 heavy (non-hydrogen) atoms. The molecule has 0 atom stereocenters. The first-order chi connectivity index (χ1) is 10.1. The van der Waals surface area contributed by atoms with E-state index in [1.807, 2.05) is 0 Å². The van der Waals surface area contributed by atoms with Crippen molar-refractivity contribution < 1.29 is 0 Å². The molecule has 3 rings (SSSR count). The summed E-state index contributed by atoms with van der Waals surface area (Å²) in [5.41, 5.74) is 13.5. The van der Waals surface area contributed by atoms with Crippen LogP contribution in [0.3, 0.4) is 0 Å². The number of benzene rings is 2. The molecule has 0 heterocycles.